The van der Waals surface area contributed by atoms with Gasteiger partial charge in [0, 0.05) is 5.02 Å². The number of aryl methyl sites for hydroxylation is 1. The average molecular weight is 351 g/mol. The summed E-state index contributed by atoms with van der Waals surface area (Å²) in [7, 11) is -3.85. The summed E-state index contributed by atoms with van der Waals surface area (Å²) in [5, 5.41) is 0.682. The van der Waals surface area contributed by atoms with Crippen LogP contribution in [0, 0.1) is 6.92 Å². The lowest BCUT2D eigenvalue weighted by atomic mass is 10.2. The fraction of sp³-hybridized carbons (Fsp3) is 0.0769. The number of nitrogens with one attached hydrogen (secondary N) is 1. The molecule has 0 heterocycles. The van der Waals surface area contributed by atoms with Crippen molar-refractivity contribution >= 4 is 50.5 Å². The van der Waals surface area contributed by atoms with E-state index in [0.29, 0.717) is 5.02 Å². The first-order valence-electron chi connectivity index (χ1n) is 5.53. The molecule has 0 aliphatic heterocycles. The summed E-state index contributed by atoms with van der Waals surface area (Å²) in [6.07, 6.45) is 0. The Hall–Kier alpha value is -0.940. The molecule has 0 aliphatic rings. The van der Waals surface area contributed by atoms with E-state index in [1.54, 1.807) is 18.2 Å². The van der Waals surface area contributed by atoms with E-state index in [0.717, 1.165) is 5.56 Å². The molecule has 106 valence electrons. The predicted octanol–water partition coefficient (Wildman–Crippen LogP) is 4.76. The zero-order valence-corrected chi connectivity index (χ0v) is 13.4. The van der Waals surface area contributed by atoms with Crippen molar-refractivity contribution in [2.24, 2.45) is 0 Å². The highest BCUT2D eigenvalue weighted by Gasteiger charge is 2.19. The Morgan fingerprint density at radius 1 is 0.950 bits per heavy atom. The molecule has 0 atom stereocenters. The molecule has 7 heteroatoms. The molecule has 3 nitrogen and oxygen atoms in total. The summed E-state index contributed by atoms with van der Waals surface area (Å²) in [4.78, 5) is -0.0942. The van der Waals surface area contributed by atoms with E-state index in [4.69, 9.17) is 34.8 Å². The molecule has 0 saturated heterocycles. The summed E-state index contributed by atoms with van der Waals surface area (Å²) in [6, 6.07) is 9.24. The van der Waals surface area contributed by atoms with Crippen molar-refractivity contribution in [3.63, 3.8) is 0 Å². The number of sulfonamides is 1. The third kappa shape index (κ3) is 3.38. The van der Waals surface area contributed by atoms with E-state index < -0.39 is 10.0 Å². The highest BCUT2D eigenvalue weighted by molar-refractivity contribution is 7.92. The Labute approximate surface area is 132 Å². The van der Waals surface area contributed by atoms with Gasteiger partial charge < -0.3 is 0 Å². The van der Waals surface area contributed by atoms with Gasteiger partial charge in [0.15, 0.2) is 0 Å². The Morgan fingerprint density at radius 2 is 1.65 bits per heavy atom. The molecule has 0 bridgehead atoms. The van der Waals surface area contributed by atoms with Gasteiger partial charge >= 0.3 is 0 Å². The number of halogens is 3. The molecule has 1 N–H and O–H groups in total. The molecule has 0 spiro atoms. The second kappa shape index (κ2) is 5.82. The molecule has 2 aromatic rings. The number of benzene rings is 2. The second-order valence-electron chi connectivity index (χ2n) is 4.16. The van der Waals surface area contributed by atoms with Crippen LogP contribution in [-0.2, 0) is 10.0 Å². The predicted molar refractivity (Wildman–Crippen MR) is 83.5 cm³/mol. The van der Waals surface area contributed by atoms with Crippen molar-refractivity contribution in [3.05, 3.63) is 57.0 Å². The number of anilines is 1. The van der Waals surface area contributed by atoms with Crippen LogP contribution >= 0.6 is 34.8 Å². The lowest BCUT2D eigenvalue weighted by Crippen LogP contribution is -2.13. The largest absolute Gasteiger partial charge is 0.278 e. The third-order valence-electron chi connectivity index (χ3n) is 2.55. The summed E-state index contributed by atoms with van der Waals surface area (Å²) < 4.78 is 27.0. The van der Waals surface area contributed by atoms with E-state index >= 15 is 0 Å². The minimum absolute atomic E-state index is 0.0881. The topological polar surface area (TPSA) is 46.2 Å². The van der Waals surface area contributed by atoms with E-state index in [9.17, 15) is 8.42 Å². The fourth-order valence-corrected chi connectivity index (χ4v) is 3.77. The molecular weight excluding hydrogens is 341 g/mol. The van der Waals surface area contributed by atoms with Gasteiger partial charge in [-0.2, -0.15) is 0 Å². The monoisotopic (exact) mass is 349 g/mol. The van der Waals surface area contributed by atoms with E-state index in [1.165, 1.54) is 18.2 Å². The highest BCUT2D eigenvalue weighted by atomic mass is 35.5. The number of hydrogen-bond donors (Lipinski definition) is 1. The molecule has 0 radical (unpaired) electrons. The fourth-order valence-electron chi connectivity index (χ4n) is 1.59. The first-order chi connectivity index (χ1) is 9.29. The van der Waals surface area contributed by atoms with Gasteiger partial charge in [0.1, 0.15) is 4.90 Å². The Balaban J connectivity index is 2.43. The van der Waals surface area contributed by atoms with Crippen LogP contribution in [0.2, 0.25) is 15.1 Å². The van der Waals surface area contributed by atoms with Crippen molar-refractivity contribution in [2.75, 3.05) is 4.72 Å². The van der Waals surface area contributed by atoms with Crippen LogP contribution in [0.3, 0.4) is 0 Å². The maximum absolute atomic E-state index is 12.3. The van der Waals surface area contributed by atoms with Gasteiger partial charge in [-0.25, -0.2) is 8.42 Å². The molecule has 20 heavy (non-hydrogen) atoms. The van der Waals surface area contributed by atoms with Crippen LogP contribution in [0.15, 0.2) is 41.3 Å². The average Bonchev–Trinajstić information content (AvgIpc) is 2.35. The molecule has 2 rings (SSSR count). The lowest BCUT2D eigenvalue weighted by Gasteiger charge is -2.11. The Bertz CT molecular complexity index is 760. The van der Waals surface area contributed by atoms with Gasteiger partial charge in [-0.15, -0.1) is 0 Å². The van der Waals surface area contributed by atoms with E-state index in [1.807, 2.05) is 6.92 Å². The maximum Gasteiger partial charge on any atom is 0.263 e. The normalized spacial score (nSPS) is 11.4. The zero-order valence-electron chi connectivity index (χ0n) is 10.3. The smallest absolute Gasteiger partial charge is 0.263 e. The van der Waals surface area contributed by atoms with Crippen LogP contribution in [0.5, 0.6) is 0 Å². The van der Waals surface area contributed by atoms with Crippen LogP contribution in [0.25, 0.3) is 0 Å². The molecule has 0 amide bonds. The zero-order chi connectivity index (χ0) is 14.9. The van der Waals surface area contributed by atoms with Gasteiger partial charge in [0.05, 0.1) is 15.7 Å². The molecule has 0 saturated carbocycles. The van der Waals surface area contributed by atoms with Crippen LogP contribution in [0.1, 0.15) is 5.56 Å². The van der Waals surface area contributed by atoms with Crippen molar-refractivity contribution < 1.29 is 8.42 Å². The van der Waals surface area contributed by atoms with Crippen molar-refractivity contribution in [1.82, 2.24) is 0 Å². The SMILES string of the molecule is Cc1ccc(NS(=O)(=O)c2cc(Cl)ccc2Cl)c(Cl)c1. The number of rotatable bonds is 3. The standard InChI is InChI=1S/C13H10Cl3NO2S/c1-8-2-5-12(11(16)6-8)17-20(18,19)13-7-9(14)3-4-10(13)15/h2-7,17H,1H3. The minimum atomic E-state index is -3.85. The molecule has 0 aliphatic carbocycles. The van der Waals surface area contributed by atoms with E-state index in [2.05, 4.69) is 4.72 Å². The Kier molecular flexibility index (Phi) is 4.49. The number of hydrogen-bond acceptors (Lipinski definition) is 2. The molecule has 0 unspecified atom stereocenters. The summed E-state index contributed by atoms with van der Waals surface area (Å²) in [6.45, 7) is 1.86. The quantitative estimate of drug-likeness (QED) is 0.867. The van der Waals surface area contributed by atoms with Crippen molar-refractivity contribution in [3.8, 4) is 0 Å². The van der Waals surface area contributed by atoms with Gasteiger partial charge in [0.25, 0.3) is 10.0 Å². The van der Waals surface area contributed by atoms with Crippen LogP contribution in [-0.4, -0.2) is 8.42 Å². The Morgan fingerprint density at radius 3 is 2.30 bits per heavy atom. The van der Waals surface area contributed by atoms with Crippen molar-refractivity contribution in [2.45, 2.75) is 11.8 Å². The van der Waals surface area contributed by atoms with E-state index in [-0.39, 0.29) is 20.6 Å². The first kappa shape index (κ1) is 15.4. The molecule has 2 aromatic carbocycles. The first-order valence-corrected chi connectivity index (χ1v) is 8.15. The van der Waals surface area contributed by atoms with Crippen molar-refractivity contribution in [1.29, 1.82) is 0 Å². The van der Waals surface area contributed by atoms with Crippen LogP contribution < -0.4 is 4.72 Å². The summed E-state index contributed by atoms with van der Waals surface area (Å²) >= 11 is 17.7. The highest BCUT2D eigenvalue weighted by Crippen LogP contribution is 2.29. The molecule has 0 fully saturated rings. The third-order valence-corrected chi connectivity index (χ3v) is 4.95. The maximum atomic E-state index is 12.3. The minimum Gasteiger partial charge on any atom is -0.278 e. The van der Waals surface area contributed by atoms with Gasteiger partial charge in [-0.1, -0.05) is 40.9 Å². The molecular formula is C13H10Cl3NO2S. The summed E-state index contributed by atoms with van der Waals surface area (Å²) in [5.41, 5.74) is 1.21. The lowest BCUT2D eigenvalue weighted by molar-refractivity contribution is 0.601. The molecule has 0 aromatic heterocycles. The van der Waals surface area contributed by atoms with Gasteiger partial charge in [-0.3, -0.25) is 4.72 Å². The summed E-state index contributed by atoms with van der Waals surface area (Å²) in [5.74, 6) is 0. The second-order valence-corrected chi connectivity index (χ2v) is 7.07. The van der Waals surface area contributed by atoms with Crippen LogP contribution in [0.4, 0.5) is 5.69 Å². The van der Waals surface area contributed by atoms with Gasteiger partial charge in [-0.05, 0) is 42.8 Å². The van der Waals surface area contributed by atoms with Gasteiger partial charge in [0.2, 0.25) is 0 Å².